The number of halogens is 4. The van der Waals surface area contributed by atoms with Crippen LogP contribution in [0, 0.1) is 0 Å². The number of nitrogens with one attached hydrogen (secondary N) is 2. The molecule has 0 aliphatic carbocycles. The van der Waals surface area contributed by atoms with Crippen LogP contribution in [-0.2, 0) is 6.18 Å². The van der Waals surface area contributed by atoms with Gasteiger partial charge >= 0.3 is 6.18 Å². The Morgan fingerprint density at radius 3 is 2.56 bits per heavy atom. The summed E-state index contributed by atoms with van der Waals surface area (Å²) < 4.78 is 44.2. The van der Waals surface area contributed by atoms with E-state index in [0.717, 1.165) is 6.07 Å². The minimum absolute atomic E-state index is 0.202. The predicted molar refractivity (Wildman–Crippen MR) is 98.0 cm³/mol. The van der Waals surface area contributed by atoms with Crippen molar-refractivity contribution in [2.24, 2.45) is 0 Å². The van der Waals surface area contributed by atoms with Crippen molar-refractivity contribution in [3.8, 4) is 5.75 Å². The molecule has 0 saturated heterocycles. The van der Waals surface area contributed by atoms with Gasteiger partial charge < -0.3 is 15.4 Å². The van der Waals surface area contributed by atoms with Crippen molar-refractivity contribution in [1.82, 2.24) is 9.97 Å². The molecule has 2 N–H and O–H groups in total. The molecule has 3 rings (SSSR count). The number of alkyl halides is 3. The molecular formula is C18H14ClF3N4O. The Kier molecular flexibility index (Phi) is 5.36. The lowest BCUT2D eigenvalue weighted by Crippen LogP contribution is -2.07. The van der Waals surface area contributed by atoms with Gasteiger partial charge in [-0.15, -0.1) is 0 Å². The van der Waals surface area contributed by atoms with E-state index in [1.807, 2.05) is 12.1 Å². The molecule has 0 saturated carbocycles. The molecule has 0 aliphatic rings. The molecule has 2 aromatic carbocycles. The first-order valence-electron chi connectivity index (χ1n) is 7.73. The first kappa shape index (κ1) is 18.8. The summed E-state index contributed by atoms with van der Waals surface area (Å²) in [6.45, 7) is 0. The summed E-state index contributed by atoms with van der Waals surface area (Å²) in [6.07, 6.45) is -3.06. The van der Waals surface area contributed by atoms with Gasteiger partial charge in [-0.25, -0.2) is 4.98 Å². The number of methoxy groups -OCH3 is 1. The minimum atomic E-state index is -4.54. The zero-order valence-corrected chi connectivity index (χ0v) is 14.8. The number of rotatable bonds is 5. The van der Waals surface area contributed by atoms with E-state index in [-0.39, 0.29) is 16.7 Å². The van der Waals surface area contributed by atoms with Gasteiger partial charge in [0.25, 0.3) is 0 Å². The Balaban J connectivity index is 1.82. The van der Waals surface area contributed by atoms with Crippen LogP contribution in [-0.4, -0.2) is 17.1 Å². The minimum Gasteiger partial charge on any atom is -0.495 e. The second kappa shape index (κ2) is 7.71. The summed E-state index contributed by atoms with van der Waals surface area (Å²) >= 11 is 5.63. The highest BCUT2D eigenvalue weighted by atomic mass is 35.5. The highest BCUT2D eigenvalue weighted by molar-refractivity contribution is 6.31. The van der Waals surface area contributed by atoms with Crippen molar-refractivity contribution in [2.75, 3.05) is 17.7 Å². The Hall–Kier alpha value is -3.00. The number of hydrogen-bond donors (Lipinski definition) is 2. The van der Waals surface area contributed by atoms with E-state index >= 15 is 0 Å². The number of hydrogen-bond acceptors (Lipinski definition) is 5. The van der Waals surface area contributed by atoms with E-state index in [4.69, 9.17) is 16.3 Å². The molecule has 0 fully saturated rings. The smallest absolute Gasteiger partial charge is 0.417 e. The fourth-order valence-corrected chi connectivity index (χ4v) is 2.55. The lowest BCUT2D eigenvalue weighted by Gasteiger charge is -2.13. The van der Waals surface area contributed by atoms with Crippen molar-refractivity contribution >= 4 is 34.7 Å². The number of ether oxygens (including phenoxy) is 1. The molecule has 9 heteroatoms. The third-order valence-electron chi connectivity index (χ3n) is 3.55. The van der Waals surface area contributed by atoms with Crippen LogP contribution in [0.5, 0.6) is 5.75 Å². The molecule has 1 heterocycles. The lowest BCUT2D eigenvalue weighted by molar-refractivity contribution is -0.137. The molecule has 3 aromatic rings. The van der Waals surface area contributed by atoms with Gasteiger partial charge in [-0.1, -0.05) is 23.7 Å². The molecule has 0 bridgehead atoms. The number of aromatic nitrogens is 2. The van der Waals surface area contributed by atoms with Gasteiger partial charge in [0.2, 0.25) is 5.95 Å². The third-order valence-corrected chi connectivity index (χ3v) is 3.88. The maximum absolute atomic E-state index is 13.0. The van der Waals surface area contributed by atoms with Gasteiger partial charge in [0.05, 0.1) is 23.4 Å². The summed E-state index contributed by atoms with van der Waals surface area (Å²) in [6, 6.07) is 12.3. The molecule has 1 aromatic heterocycles. The summed E-state index contributed by atoms with van der Waals surface area (Å²) in [5, 5.41) is 5.46. The van der Waals surface area contributed by atoms with Crippen LogP contribution in [0.2, 0.25) is 5.02 Å². The lowest BCUT2D eigenvalue weighted by atomic mass is 10.2. The van der Waals surface area contributed by atoms with Crippen molar-refractivity contribution in [2.45, 2.75) is 6.18 Å². The monoisotopic (exact) mass is 394 g/mol. The Bertz CT molecular complexity index is 950. The maximum atomic E-state index is 13.0. The topological polar surface area (TPSA) is 59.1 Å². The molecule has 0 unspecified atom stereocenters. The van der Waals surface area contributed by atoms with Crippen molar-refractivity contribution in [3.05, 3.63) is 65.3 Å². The number of nitrogens with zero attached hydrogens (tertiary/aromatic N) is 2. The second-order valence-electron chi connectivity index (χ2n) is 5.41. The van der Waals surface area contributed by atoms with Crippen molar-refractivity contribution in [1.29, 1.82) is 0 Å². The first-order valence-corrected chi connectivity index (χ1v) is 8.11. The highest BCUT2D eigenvalue weighted by Crippen LogP contribution is 2.36. The van der Waals surface area contributed by atoms with Gasteiger partial charge in [-0.3, -0.25) is 0 Å². The van der Waals surface area contributed by atoms with E-state index < -0.39 is 11.7 Å². The number of benzene rings is 2. The zero-order valence-electron chi connectivity index (χ0n) is 14.0. The Morgan fingerprint density at radius 1 is 1.04 bits per heavy atom. The van der Waals surface area contributed by atoms with Crippen LogP contribution in [0.15, 0.2) is 54.7 Å². The van der Waals surface area contributed by atoms with Gasteiger partial charge in [0.1, 0.15) is 11.6 Å². The van der Waals surface area contributed by atoms with Gasteiger partial charge in [0.15, 0.2) is 0 Å². The molecule has 140 valence electrons. The maximum Gasteiger partial charge on any atom is 0.417 e. The van der Waals surface area contributed by atoms with Gasteiger partial charge in [-0.2, -0.15) is 18.2 Å². The SMILES string of the molecule is COc1ccccc1Nc1nccc(Nc2ccc(Cl)c(C(F)(F)F)c2)n1. The fourth-order valence-electron chi connectivity index (χ4n) is 2.33. The van der Waals surface area contributed by atoms with Crippen LogP contribution in [0.1, 0.15) is 5.56 Å². The second-order valence-corrected chi connectivity index (χ2v) is 5.82. The molecule has 5 nitrogen and oxygen atoms in total. The quantitative estimate of drug-likeness (QED) is 0.586. The summed E-state index contributed by atoms with van der Waals surface area (Å²) in [5.74, 6) is 1.18. The fraction of sp³-hybridized carbons (Fsp3) is 0.111. The summed E-state index contributed by atoms with van der Waals surface area (Å²) in [5.41, 5.74) is -0.0627. The molecule has 0 aliphatic heterocycles. The third kappa shape index (κ3) is 4.59. The van der Waals surface area contributed by atoms with Crippen LogP contribution in [0.25, 0.3) is 0 Å². The molecule has 0 spiro atoms. The van der Waals surface area contributed by atoms with Crippen molar-refractivity contribution in [3.63, 3.8) is 0 Å². The average molecular weight is 395 g/mol. The van der Waals surface area contributed by atoms with Crippen LogP contribution in [0.4, 0.5) is 36.3 Å². The van der Waals surface area contributed by atoms with E-state index in [9.17, 15) is 13.2 Å². The highest BCUT2D eigenvalue weighted by Gasteiger charge is 2.33. The van der Waals surface area contributed by atoms with E-state index in [0.29, 0.717) is 17.3 Å². The van der Waals surface area contributed by atoms with Crippen LogP contribution >= 0.6 is 11.6 Å². The zero-order chi connectivity index (χ0) is 19.4. The Morgan fingerprint density at radius 2 is 1.81 bits per heavy atom. The summed E-state index contributed by atoms with van der Waals surface area (Å²) in [7, 11) is 1.54. The van der Waals surface area contributed by atoms with Crippen LogP contribution in [0.3, 0.4) is 0 Å². The molecule has 27 heavy (non-hydrogen) atoms. The predicted octanol–water partition coefficient (Wildman–Crippen LogP) is 5.64. The van der Waals surface area contributed by atoms with Crippen molar-refractivity contribution < 1.29 is 17.9 Å². The molecule has 0 amide bonds. The van der Waals surface area contributed by atoms with Gasteiger partial charge in [-0.05, 0) is 36.4 Å². The largest absolute Gasteiger partial charge is 0.495 e. The van der Waals surface area contributed by atoms with E-state index in [2.05, 4.69) is 20.6 Å². The molecule has 0 atom stereocenters. The normalized spacial score (nSPS) is 11.1. The standard InChI is InChI=1S/C18H14ClF3N4O/c1-27-15-5-3-2-4-14(15)25-17-23-9-8-16(26-17)24-11-6-7-13(19)12(10-11)18(20,21)22/h2-10H,1H3,(H2,23,24,25,26). The summed E-state index contributed by atoms with van der Waals surface area (Å²) in [4.78, 5) is 8.35. The Labute approximate surface area is 158 Å². The average Bonchev–Trinajstić information content (AvgIpc) is 2.63. The molecule has 0 radical (unpaired) electrons. The van der Waals surface area contributed by atoms with E-state index in [1.165, 1.54) is 31.5 Å². The number of anilines is 4. The van der Waals surface area contributed by atoms with E-state index in [1.54, 1.807) is 12.1 Å². The van der Waals surface area contributed by atoms with Gasteiger partial charge in [0, 0.05) is 11.9 Å². The first-order chi connectivity index (χ1) is 12.9. The number of para-hydroxylation sites is 2. The van der Waals surface area contributed by atoms with Crippen LogP contribution < -0.4 is 15.4 Å². The molecular weight excluding hydrogens is 381 g/mol.